The minimum Gasteiger partial charge on any atom is -0.366 e. The molecule has 0 spiro atoms. The molecule has 1 unspecified atom stereocenters. The Morgan fingerprint density at radius 2 is 1.56 bits per heavy atom. The fourth-order valence-corrected chi connectivity index (χ4v) is 2.35. The molecule has 3 aromatic rings. The van der Waals surface area contributed by atoms with Crippen LogP contribution in [0.15, 0.2) is 36.5 Å². The molecule has 0 bridgehead atoms. The smallest absolute Gasteiger partial charge is 0.366 e. The summed E-state index contributed by atoms with van der Waals surface area (Å²) in [6.07, 6.45) is -9.83. The SMILES string of the molecule is CC(C)C(O)ONc1nc(Nc2ccnc(C(F)(F)F)c2)nc(-c2cccc(C(F)(F)F)n2)n1. The number of pyridine rings is 2. The van der Waals surface area contributed by atoms with Crippen molar-refractivity contribution in [2.24, 2.45) is 5.92 Å². The Morgan fingerprint density at radius 3 is 2.21 bits per heavy atom. The van der Waals surface area contributed by atoms with Gasteiger partial charge in [0, 0.05) is 17.8 Å². The van der Waals surface area contributed by atoms with Gasteiger partial charge in [-0.3, -0.25) is 4.98 Å². The number of aliphatic hydroxyl groups excluding tert-OH is 1. The van der Waals surface area contributed by atoms with Crippen LogP contribution in [0.4, 0.5) is 43.9 Å². The number of hydrogen-bond acceptors (Lipinski definition) is 9. The lowest BCUT2D eigenvalue weighted by Crippen LogP contribution is -2.23. The predicted molar refractivity (Wildman–Crippen MR) is 106 cm³/mol. The molecule has 0 saturated heterocycles. The zero-order valence-corrected chi connectivity index (χ0v) is 17.5. The highest BCUT2D eigenvalue weighted by Crippen LogP contribution is 2.31. The molecule has 0 radical (unpaired) electrons. The van der Waals surface area contributed by atoms with Crippen molar-refractivity contribution in [3.05, 3.63) is 47.9 Å². The van der Waals surface area contributed by atoms with Crippen LogP contribution >= 0.6 is 0 Å². The van der Waals surface area contributed by atoms with Gasteiger partial charge in [-0.05, 0) is 24.3 Å². The van der Waals surface area contributed by atoms with E-state index in [9.17, 15) is 31.4 Å². The van der Waals surface area contributed by atoms with Crippen LogP contribution in [-0.4, -0.2) is 36.3 Å². The second-order valence-corrected chi connectivity index (χ2v) is 7.12. The number of aliphatic hydroxyl groups is 1. The van der Waals surface area contributed by atoms with Gasteiger partial charge in [0.1, 0.15) is 17.1 Å². The topological polar surface area (TPSA) is 118 Å². The Hall–Kier alpha value is -3.59. The number of hydrogen-bond donors (Lipinski definition) is 3. The normalized spacial score (nSPS) is 13.1. The van der Waals surface area contributed by atoms with Crippen LogP contribution in [0.2, 0.25) is 0 Å². The van der Waals surface area contributed by atoms with Crippen LogP contribution in [0.5, 0.6) is 0 Å². The van der Waals surface area contributed by atoms with E-state index in [4.69, 9.17) is 4.84 Å². The Bertz CT molecular complexity index is 1140. The molecule has 9 nitrogen and oxygen atoms in total. The minimum atomic E-state index is -4.74. The standard InChI is InChI=1S/C19H17F6N7O2/c1-9(2)15(33)34-32-17-30-14(11-4-3-5-12(28-11)18(20,21)22)29-16(31-17)27-10-6-7-26-13(8-10)19(23,24)25/h3-9,15,33H,1-2H3,(H2,26,27,29,30,31,32). The van der Waals surface area contributed by atoms with E-state index in [-0.39, 0.29) is 35.0 Å². The lowest BCUT2D eigenvalue weighted by Gasteiger charge is -2.16. The van der Waals surface area contributed by atoms with E-state index < -0.39 is 30.0 Å². The number of anilines is 3. The fraction of sp³-hybridized carbons (Fsp3) is 0.316. The maximum absolute atomic E-state index is 13.1. The quantitative estimate of drug-likeness (QED) is 0.252. The number of aromatic nitrogens is 5. The van der Waals surface area contributed by atoms with Gasteiger partial charge in [0.25, 0.3) is 5.95 Å². The number of halogens is 6. The van der Waals surface area contributed by atoms with Gasteiger partial charge in [0.15, 0.2) is 12.1 Å². The van der Waals surface area contributed by atoms with E-state index in [1.165, 1.54) is 12.1 Å². The fourth-order valence-electron chi connectivity index (χ4n) is 2.35. The first kappa shape index (κ1) is 25.0. The van der Waals surface area contributed by atoms with E-state index in [1.54, 1.807) is 13.8 Å². The summed E-state index contributed by atoms with van der Waals surface area (Å²) in [5.41, 5.74) is -0.542. The monoisotopic (exact) mass is 489 g/mol. The Morgan fingerprint density at radius 1 is 0.882 bits per heavy atom. The van der Waals surface area contributed by atoms with Crippen molar-refractivity contribution in [2.75, 3.05) is 10.8 Å². The Kier molecular flexibility index (Phi) is 7.16. The molecule has 0 amide bonds. The van der Waals surface area contributed by atoms with Gasteiger partial charge in [-0.25, -0.2) is 15.3 Å². The minimum absolute atomic E-state index is 0.106. The lowest BCUT2D eigenvalue weighted by molar-refractivity contribution is -0.141. The Balaban J connectivity index is 2.00. The molecule has 3 heterocycles. The van der Waals surface area contributed by atoms with E-state index in [0.29, 0.717) is 6.07 Å². The van der Waals surface area contributed by atoms with Crippen molar-refractivity contribution in [3.8, 4) is 11.5 Å². The summed E-state index contributed by atoms with van der Waals surface area (Å²) < 4.78 is 78.0. The molecule has 0 aliphatic carbocycles. The van der Waals surface area contributed by atoms with Crippen molar-refractivity contribution in [1.82, 2.24) is 24.9 Å². The summed E-state index contributed by atoms with van der Waals surface area (Å²) in [5.74, 6) is -1.38. The van der Waals surface area contributed by atoms with Crippen LogP contribution in [-0.2, 0) is 17.2 Å². The van der Waals surface area contributed by atoms with Crippen LogP contribution in [0.25, 0.3) is 11.5 Å². The van der Waals surface area contributed by atoms with E-state index >= 15 is 0 Å². The molecule has 0 fully saturated rings. The average Bonchev–Trinajstić information content (AvgIpc) is 2.76. The first-order valence-electron chi connectivity index (χ1n) is 9.53. The van der Waals surface area contributed by atoms with Crippen molar-refractivity contribution >= 4 is 17.6 Å². The highest BCUT2D eigenvalue weighted by Gasteiger charge is 2.33. The van der Waals surface area contributed by atoms with Crippen LogP contribution in [0.1, 0.15) is 25.2 Å². The highest BCUT2D eigenvalue weighted by atomic mass is 19.4. The van der Waals surface area contributed by atoms with Gasteiger partial charge in [-0.1, -0.05) is 19.9 Å². The molecule has 15 heteroatoms. The third-order valence-corrected chi connectivity index (χ3v) is 4.05. The number of rotatable bonds is 7. The molecule has 0 aromatic carbocycles. The second-order valence-electron chi connectivity index (χ2n) is 7.12. The zero-order valence-electron chi connectivity index (χ0n) is 17.5. The summed E-state index contributed by atoms with van der Waals surface area (Å²) in [7, 11) is 0. The van der Waals surface area contributed by atoms with Crippen molar-refractivity contribution in [1.29, 1.82) is 0 Å². The molecule has 0 aliphatic rings. The molecule has 0 aliphatic heterocycles. The van der Waals surface area contributed by atoms with Gasteiger partial charge in [-0.15, -0.1) is 0 Å². The van der Waals surface area contributed by atoms with Gasteiger partial charge >= 0.3 is 12.4 Å². The van der Waals surface area contributed by atoms with Crippen LogP contribution in [0.3, 0.4) is 0 Å². The zero-order chi connectivity index (χ0) is 25.1. The second kappa shape index (κ2) is 9.72. The average molecular weight is 489 g/mol. The molecule has 0 saturated carbocycles. The molecule has 34 heavy (non-hydrogen) atoms. The summed E-state index contributed by atoms with van der Waals surface area (Å²) in [6.45, 7) is 3.29. The molecule has 182 valence electrons. The molecule has 3 aromatic heterocycles. The molecular weight excluding hydrogens is 472 g/mol. The molecular formula is C19H17F6N7O2. The molecule has 3 N–H and O–H groups in total. The number of nitrogens with one attached hydrogen (secondary N) is 2. The van der Waals surface area contributed by atoms with Crippen LogP contribution < -0.4 is 10.8 Å². The van der Waals surface area contributed by atoms with Gasteiger partial charge in [-0.2, -0.15) is 41.3 Å². The highest BCUT2D eigenvalue weighted by molar-refractivity contribution is 5.58. The Labute approximate surface area is 188 Å². The van der Waals surface area contributed by atoms with E-state index in [2.05, 4.69) is 35.7 Å². The third-order valence-electron chi connectivity index (χ3n) is 4.05. The van der Waals surface area contributed by atoms with Crippen molar-refractivity contribution in [2.45, 2.75) is 32.5 Å². The van der Waals surface area contributed by atoms with Crippen molar-refractivity contribution in [3.63, 3.8) is 0 Å². The van der Waals surface area contributed by atoms with E-state index in [1.807, 2.05) is 0 Å². The van der Waals surface area contributed by atoms with Gasteiger partial charge in [0.05, 0.1) is 0 Å². The first-order valence-corrected chi connectivity index (χ1v) is 9.53. The van der Waals surface area contributed by atoms with E-state index in [0.717, 1.165) is 18.3 Å². The maximum atomic E-state index is 13.1. The summed E-state index contributed by atoms with van der Waals surface area (Å²) in [4.78, 5) is 23.5. The van der Waals surface area contributed by atoms with Gasteiger partial charge < -0.3 is 10.4 Å². The third kappa shape index (κ3) is 6.48. The lowest BCUT2D eigenvalue weighted by atomic mass is 10.2. The van der Waals surface area contributed by atoms with Gasteiger partial charge in [0.2, 0.25) is 5.95 Å². The molecule has 1 atom stereocenters. The summed E-state index contributed by atoms with van der Waals surface area (Å²) in [6, 6.07) is 4.94. The summed E-state index contributed by atoms with van der Waals surface area (Å²) >= 11 is 0. The summed E-state index contributed by atoms with van der Waals surface area (Å²) in [5, 5.41) is 12.3. The molecule has 3 rings (SSSR count). The largest absolute Gasteiger partial charge is 0.433 e. The van der Waals surface area contributed by atoms with Crippen molar-refractivity contribution < 1.29 is 36.3 Å². The number of alkyl halides is 6. The maximum Gasteiger partial charge on any atom is 0.433 e. The first-order chi connectivity index (χ1) is 15.8. The van der Waals surface area contributed by atoms with Crippen LogP contribution in [0, 0.1) is 5.92 Å². The number of nitrogens with zero attached hydrogens (tertiary/aromatic N) is 5. The predicted octanol–water partition coefficient (Wildman–Crippen LogP) is 4.43.